The van der Waals surface area contributed by atoms with Gasteiger partial charge in [-0.3, -0.25) is 0 Å². The number of hydrogen-bond acceptors (Lipinski definition) is 14. The normalized spacial score (nSPS) is 10.9. The lowest BCUT2D eigenvalue weighted by atomic mass is 10.1. The van der Waals surface area contributed by atoms with Crippen molar-refractivity contribution in [2.24, 2.45) is 0 Å². The number of para-hydroxylation sites is 2. The summed E-state index contributed by atoms with van der Waals surface area (Å²) in [5.41, 5.74) is 7.81. The molecule has 0 aliphatic rings. The number of rotatable bonds is 18. The van der Waals surface area contributed by atoms with Gasteiger partial charge in [-0.2, -0.15) is 10.4 Å². The van der Waals surface area contributed by atoms with Crippen LogP contribution in [0.25, 0.3) is 21.8 Å². The number of H-pyrrole nitrogens is 2. The zero-order chi connectivity index (χ0) is 46.3. The maximum atomic E-state index is 6.01. The molecule has 0 saturated heterocycles. The second-order valence-corrected chi connectivity index (χ2v) is 15.5. The summed E-state index contributed by atoms with van der Waals surface area (Å²) in [5, 5.41) is 29.6. The van der Waals surface area contributed by atoms with Gasteiger partial charge in [0, 0.05) is 10.8 Å². The molecule has 0 amide bonds. The fourth-order valence-electron chi connectivity index (χ4n) is 6.95. The molecule has 6 aromatic carbocycles. The number of tetrazole rings is 2. The van der Waals surface area contributed by atoms with E-state index in [-0.39, 0.29) is 13.2 Å². The number of ether oxygens (including phenoxy) is 6. The number of nitrogens with one attached hydrogen (secondary N) is 2. The van der Waals surface area contributed by atoms with E-state index in [1.807, 2.05) is 153 Å². The van der Waals surface area contributed by atoms with E-state index in [9.17, 15) is 0 Å². The Morgan fingerprint density at radius 3 is 1.38 bits per heavy atom. The number of pyridine rings is 2. The van der Waals surface area contributed by atoms with Crippen LogP contribution in [0.15, 0.2) is 158 Å². The first-order valence-corrected chi connectivity index (χ1v) is 21.8. The lowest BCUT2D eigenvalue weighted by molar-refractivity contribution is 0.290. The molecular formula is C52H46N10O6. The molecule has 4 heterocycles. The Kier molecular flexibility index (Phi) is 14.2. The summed E-state index contributed by atoms with van der Waals surface area (Å²) < 4.78 is 35.2. The molecule has 0 aliphatic carbocycles. The predicted molar refractivity (Wildman–Crippen MR) is 253 cm³/mol. The maximum absolute atomic E-state index is 6.01. The summed E-state index contributed by atoms with van der Waals surface area (Å²) in [6.45, 7) is 6.24. The van der Waals surface area contributed by atoms with Crippen molar-refractivity contribution in [1.29, 1.82) is 0 Å². The predicted octanol–water partition coefficient (Wildman–Crippen LogP) is 9.59. The summed E-state index contributed by atoms with van der Waals surface area (Å²) in [4.78, 5) is 9.29. The first-order chi connectivity index (χ1) is 33.5. The van der Waals surface area contributed by atoms with Crippen molar-refractivity contribution in [1.82, 2.24) is 51.2 Å². The highest BCUT2D eigenvalue weighted by molar-refractivity contribution is 5.79. The van der Waals surface area contributed by atoms with Crippen molar-refractivity contribution >= 4 is 21.8 Å². The molecule has 10 rings (SSSR count). The Hall–Kier alpha value is -8.92. The molecule has 4 aromatic heterocycles. The molecular weight excluding hydrogens is 861 g/mol. The molecule has 2 N–H and O–H groups in total. The molecule has 0 atom stereocenters. The highest BCUT2D eigenvalue weighted by Crippen LogP contribution is 2.27. The molecule has 0 spiro atoms. The Balaban J connectivity index is 0.000000170. The van der Waals surface area contributed by atoms with Gasteiger partial charge in [-0.05, 0) is 127 Å². The van der Waals surface area contributed by atoms with Gasteiger partial charge in [0.1, 0.15) is 60.9 Å². The molecule has 16 nitrogen and oxygen atoms in total. The Bertz CT molecular complexity index is 3170. The zero-order valence-electron chi connectivity index (χ0n) is 37.3. The number of nitrogens with zero attached hydrogens (tertiary/aromatic N) is 8. The molecule has 10 aromatic rings. The van der Waals surface area contributed by atoms with Crippen LogP contribution in [0.5, 0.6) is 34.5 Å². The average molecular weight is 907 g/mol. The molecule has 340 valence electrons. The van der Waals surface area contributed by atoms with Crippen LogP contribution in [0.3, 0.4) is 0 Å². The highest BCUT2D eigenvalue weighted by Gasteiger charge is 2.09. The first-order valence-electron chi connectivity index (χ1n) is 21.8. The molecule has 0 aliphatic heterocycles. The van der Waals surface area contributed by atoms with Crippen molar-refractivity contribution in [3.05, 3.63) is 203 Å². The second-order valence-electron chi connectivity index (χ2n) is 15.5. The third-order valence-corrected chi connectivity index (χ3v) is 10.5. The summed E-state index contributed by atoms with van der Waals surface area (Å²) in [5.74, 6) is 5.64. The van der Waals surface area contributed by atoms with E-state index in [1.165, 1.54) is 0 Å². The molecule has 0 radical (unpaired) electrons. The van der Waals surface area contributed by atoms with Crippen LogP contribution in [0.1, 0.15) is 45.3 Å². The SMILES string of the molecule is Cc1cc(COc2ccc(OCc3ccc4ccccc4n3)cc2)ccc1OCc1nn[nH]n1.Cc1cc(OCc2ccc3ccccc3n2)ccc1OCc1ccc(OCc2nn[nH]n2)cc1. The Labute approximate surface area is 391 Å². The molecule has 0 bridgehead atoms. The van der Waals surface area contributed by atoms with Crippen LogP contribution in [-0.2, 0) is 39.6 Å². The average Bonchev–Trinajstić information content (AvgIpc) is 4.12. The van der Waals surface area contributed by atoms with E-state index in [0.717, 1.165) is 89.9 Å². The molecule has 0 fully saturated rings. The highest BCUT2D eigenvalue weighted by atomic mass is 16.5. The van der Waals surface area contributed by atoms with Crippen LogP contribution in [0.4, 0.5) is 0 Å². The van der Waals surface area contributed by atoms with Gasteiger partial charge in [0.25, 0.3) is 0 Å². The Morgan fingerprint density at radius 1 is 0.382 bits per heavy atom. The largest absolute Gasteiger partial charge is 0.489 e. The lowest BCUT2D eigenvalue weighted by Gasteiger charge is -2.12. The number of aryl methyl sites for hydroxylation is 2. The number of fused-ring (bicyclic) bond motifs is 2. The van der Waals surface area contributed by atoms with E-state index in [1.54, 1.807) is 0 Å². The lowest BCUT2D eigenvalue weighted by Crippen LogP contribution is -2.01. The van der Waals surface area contributed by atoms with Crippen LogP contribution in [0, 0.1) is 13.8 Å². The van der Waals surface area contributed by atoms with E-state index >= 15 is 0 Å². The fourth-order valence-corrected chi connectivity index (χ4v) is 6.95. The smallest absolute Gasteiger partial charge is 0.211 e. The maximum Gasteiger partial charge on any atom is 0.211 e. The second kappa shape index (κ2) is 21.8. The minimum atomic E-state index is 0.261. The molecule has 0 saturated carbocycles. The van der Waals surface area contributed by atoms with Gasteiger partial charge in [-0.1, -0.05) is 77.2 Å². The van der Waals surface area contributed by atoms with E-state index in [4.69, 9.17) is 28.4 Å². The third kappa shape index (κ3) is 12.2. The number of hydrogen-bond donors (Lipinski definition) is 2. The van der Waals surface area contributed by atoms with Gasteiger partial charge in [0.15, 0.2) is 13.2 Å². The zero-order valence-corrected chi connectivity index (χ0v) is 37.3. The van der Waals surface area contributed by atoms with Gasteiger partial charge in [0.05, 0.1) is 22.4 Å². The van der Waals surface area contributed by atoms with Crippen molar-refractivity contribution in [3.8, 4) is 34.5 Å². The summed E-state index contributed by atoms with van der Waals surface area (Å²) in [7, 11) is 0. The van der Waals surface area contributed by atoms with Crippen molar-refractivity contribution in [3.63, 3.8) is 0 Å². The van der Waals surface area contributed by atoms with Gasteiger partial charge >= 0.3 is 0 Å². The van der Waals surface area contributed by atoms with E-state index in [0.29, 0.717) is 38.1 Å². The Morgan fingerprint density at radius 2 is 0.824 bits per heavy atom. The summed E-state index contributed by atoms with van der Waals surface area (Å²) in [6.07, 6.45) is 0. The number of aromatic nitrogens is 10. The van der Waals surface area contributed by atoms with Crippen LogP contribution in [0.2, 0.25) is 0 Å². The van der Waals surface area contributed by atoms with E-state index in [2.05, 4.69) is 69.4 Å². The molecule has 0 unspecified atom stereocenters. The standard InChI is InChI=1S/2C26H23N5O3/c1-18-14-23(32-16-21-9-8-20-4-2-3-5-24(20)27-21)12-13-25(18)34-15-19-6-10-22(11-7-19)33-17-26-28-30-31-29-26;1-18-14-19(6-13-25(18)34-17-26-28-30-31-29-26)15-32-22-9-11-23(12-10-22)33-16-21-8-7-20-4-2-3-5-24(20)27-21/h2*2-14H,15-17H2,1H3,(H,28,29,30,31). The van der Waals surface area contributed by atoms with Crippen LogP contribution in [-0.4, -0.2) is 51.2 Å². The fraction of sp³-hybridized carbons (Fsp3) is 0.154. The van der Waals surface area contributed by atoms with Crippen molar-refractivity contribution in [2.75, 3.05) is 0 Å². The van der Waals surface area contributed by atoms with Gasteiger partial charge in [-0.25, -0.2) is 9.97 Å². The van der Waals surface area contributed by atoms with Gasteiger partial charge in [-0.15, -0.1) is 20.4 Å². The summed E-state index contributed by atoms with van der Waals surface area (Å²) in [6, 6.07) is 51.3. The van der Waals surface area contributed by atoms with Crippen LogP contribution >= 0.6 is 0 Å². The third-order valence-electron chi connectivity index (χ3n) is 10.5. The first kappa shape index (κ1) is 44.3. The monoisotopic (exact) mass is 906 g/mol. The topological polar surface area (TPSA) is 190 Å². The van der Waals surface area contributed by atoms with Gasteiger partial charge < -0.3 is 28.4 Å². The number of benzene rings is 6. The number of aromatic amines is 2. The molecule has 16 heteroatoms. The van der Waals surface area contributed by atoms with Crippen molar-refractivity contribution < 1.29 is 28.4 Å². The summed E-state index contributed by atoms with van der Waals surface area (Å²) >= 11 is 0. The quantitative estimate of drug-likeness (QED) is 0.0827. The minimum Gasteiger partial charge on any atom is -0.489 e. The van der Waals surface area contributed by atoms with Crippen LogP contribution < -0.4 is 28.4 Å². The van der Waals surface area contributed by atoms with E-state index < -0.39 is 0 Å². The van der Waals surface area contributed by atoms with Crippen molar-refractivity contribution in [2.45, 2.75) is 53.5 Å². The minimum absolute atomic E-state index is 0.261. The molecule has 68 heavy (non-hydrogen) atoms. The van der Waals surface area contributed by atoms with Gasteiger partial charge in [0.2, 0.25) is 11.6 Å².